The molecule has 0 saturated carbocycles. The summed E-state index contributed by atoms with van der Waals surface area (Å²) in [5.74, 6) is -0.503. The van der Waals surface area contributed by atoms with Crippen molar-refractivity contribution in [3.05, 3.63) is 42.0 Å². The Bertz CT molecular complexity index is 766. The first kappa shape index (κ1) is 18.4. The van der Waals surface area contributed by atoms with E-state index < -0.39 is 15.9 Å². The first-order valence-electron chi connectivity index (χ1n) is 7.75. The average Bonchev–Trinajstić information content (AvgIpc) is 2.50. The van der Waals surface area contributed by atoms with Crippen molar-refractivity contribution in [3.63, 3.8) is 0 Å². The van der Waals surface area contributed by atoms with Gasteiger partial charge in [0.25, 0.3) is 5.91 Å². The molecule has 2 rings (SSSR count). The molecule has 2 N–H and O–H groups in total. The number of nitrogens with zero attached hydrogens (tertiary/aromatic N) is 1. The second-order valence-electron chi connectivity index (χ2n) is 6.78. The molecule has 0 spiro atoms. The normalized spacial score (nSPS) is 19.0. The van der Waals surface area contributed by atoms with Crippen molar-refractivity contribution >= 4 is 21.6 Å². The lowest BCUT2D eigenvalue weighted by molar-refractivity contribution is -0.119. The fourth-order valence-corrected chi connectivity index (χ4v) is 3.79. The minimum Gasteiger partial charge on any atom is -0.272 e. The van der Waals surface area contributed by atoms with Gasteiger partial charge in [0.05, 0.1) is 17.2 Å². The zero-order chi connectivity index (χ0) is 17.8. The van der Waals surface area contributed by atoms with E-state index in [1.165, 1.54) is 17.7 Å². The van der Waals surface area contributed by atoms with Crippen molar-refractivity contribution in [2.24, 2.45) is 10.5 Å². The Balaban J connectivity index is 1.92. The van der Waals surface area contributed by atoms with Crippen LogP contribution in [0.4, 0.5) is 0 Å². The van der Waals surface area contributed by atoms with Crippen LogP contribution in [0.2, 0.25) is 0 Å². The van der Waals surface area contributed by atoms with E-state index in [0.717, 1.165) is 18.6 Å². The number of sulfonamides is 1. The smallest absolute Gasteiger partial charge is 0.255 e. The highest BCUT2D eigenvalue weighted by Crippen LogP contribution is 2.33. The third-order valence-electron chi connectivity index (χ3n) is 3.63. The number of carbonyl (C=O) groups excluding carboxylic acids is 1. The molecule has 7 heteroatoms. The SMILES string of the molecule is CC1=C/C(=N/NC(=O)CNS(=O)(=O)c2ccccc2)CC(C)(C)C1. The van der Waals surface area contributed by atoms with Gasteiger partial charge in [-0.3, -0.25) is 4.79 Å². The maximum atomic E-state index is 12.0. The summed E-state index contributed by atoms with van der Waals surface area (Å²) in [4.78, 5) is 12.0. The summed E-state index contributed by atoms with van der Waals surface area (Å²) < 4.78 is 26.3. The molecule has 1 aliphatic rings. The van der Waals surface area contributed by atoms with Gasteiger partial charge in [-0.15, -0.1) is 0 Å². The summed E-state index contributed by atoms with van der Waals surface area (Å²) in [6, 6.07) is 7.92. The van der Waals surface area contributed by atoms with Crippen LogP contribution in [0.5, 0.6) is 0 Å². The maximum absolute atomic E-state index is 12.0. The number of hydrogen-bond donors (Lipinski definition) is 2. The number of allylic oxidation sites excluding steroid dienone is 2. The molecule has 0 aromatic heterocycles. The van der Waals surface area contributed by atoms with Gasteiger partial charge in [0.2, 0.25) is 10.0 Å². The van der Waals surface area contributed by atoms with Crippen LogP contribution in [0.25, 0.3) is 0 Å². The molecule has 0 aliphatic heterocycles. The van der Waals surface area contributed by atoms with E-state index in [1.807, 2.05) is 13.0 Å². The lowest BCUT2D eigenvalue weighted by atomic mass is 9.77. The lowest BCUT2D eigenvalue weighted by Gasteiger charge is -2.29. The molecule has 6 nitrogen and oxygen atoms in total. The van der Waals surface area contributed by atoms with Gasteiger partial charge in [-0.1, -0.05) is 37.6 Å². The first-order valence-corrected chi connectivity index (χ1v) is 9.24. The van der Waals surface area contributed by atoms with E-state index in [2.05, 4.69) is 29.1 Å². The molecule has 0 atom stereocenters. The second kappa shape index (κ2) is 7.27. The van der Waals surface area contributed by atoms with E-state index in [4.69, 9.17) is 0 Å². The molecule has 130 valence electrons. The molecule has 0 fully saturated rings. The number of amides is 1. The fraction of sp³-hybridized carbons (Fsp3) is 0.412. The van der Waals surface area contributed by atoms with Crippen molar-refractivity contribution in [3.8, 4) is 0 Å². The van der Waals surface area contributed by atoms with Gasteiger partial charge in [-0.25, -0.2) is 18.6 Å². The largest absolute Gasteiger partial charge is 0.272 e. The quantitative estimate of drug-likeness (QED) is 0.799. The number of hydrogen-bond acceptors (Lipinski definition) is 4. The van der Waals surface area contributed by atoms with Crippen molar-refractivity contribution in [1.82, 2.24) is 10.1 Å². The van der Waals surface area contributed by atoms with Crippen LogP contribution in [-0.2, 0) is 14.8 Å². The minimum absolute atomic E-state index is 0.108. The predicted octanol–water partition coefficient (Wildman–Crippen LogP) is 2.20. The van der Waals surface area contributed by atoms with E-state index >= 15 is 0 Å². The molecule has 24 heavy (non-hydrogen) atoms. The van der Waals surface area contributed by atoms with Gasteiger partial charge < -0.3 is 0 Å². The number of rotatable bonds is 5. The van der Waals surface area contributed by atoms with Crippen LogP contribution in [0, 0.1) is 5.41 Å². The molecule has 0 radical (unpaired) electrons. The topological polar surface area (TPSA) is 87.6 Å². The first-order chi connectivity index (χ1) is 11.2. The molecule has 1 amide bonds. The highest BCUT2D eigenvalue weighted by molar-refractivity contribution is 7.89. The number of nitrogens with one attached hydrogen (secondary N) is 2. The molecule has 0 unspecified atom stereocenters. The van der Waals surface area contributed by atoms with E-state index in [0.29, 0.717) is 0 Å². The predicted molar refractivity (Wildman–Crippen MR) is 94.0 cm³/mol. The summed E-state index contributed by atoms with van der Waals surface area (Å²) in [6.45, 7) is 5.97. The van der Waals surface area contributed by atoms with Crippen LogP contribution in [0.3, 0.4) is 0 Å². The molecule has 0 saturated heterocycles. The number of carbonyl (C=O) groups is 1. The third-order valence-corrected chi connectivity index (χ3v) is 5.05. The number of benzene rings is 1. The van der Waals surface area contributed by atoms with Crippen LogP contribution in [0.15, 0.2) is 52.0 Å². The summed E-state index contributed by atoms with van der Waals surface area (Å²) in [5, 5.41) is 4.11. The third kappa shape index (κ3) is 5.28. The Morgan fingerprint density at radius 3 is 2.50 bits per heavy atom. The Labute approximate surface area is 143 Å². The molecule has 0 bridgehead atoms. The van der Waals surface area contributed by atoms with Gasteiger partial charge in [0, 0.05) is 0 Å². The fourth-order valence-electron chi connectivity index (χ4n) is 2.78. The van der Waals surface area contributed by atoms with Gasteiger partial charge in [0.15, 0.2) is 0 Å². The zero-order valence-corrected chi connectivity index (χ0v) is 15.0. The Kier molecular flexibility index (Phi) is 5.56. The Hall–Kier alpha value is -1.99. The number of hydrazone groups is 1. The maximum Gasteiger partial charge on any atom is 0.255 e. The summed E-state index contributed by atoms with van der Waals surface area (Å²) in [7, 11) is -3.70. The molecule has 1 aliphatic carbocycles. The van der Waals surface area contributed by atoms with Crippen molar-refractivity contribution in [2.75, 3.05) is 6.54 Å². The highest BCUT2D eigenvalue weighted by Gasteiger charge is 2.24. The van der Waals surface area contributed by atoms with Crippen molar-refractivity contribution in [2.45, 2.75) is 38.5 Å². The molecular weight excluding hydrogens is 326 g/mol. The van der Waals surface area contributed by atoms with Crippen LogP contribution < -0.4 is 10.1 Å². The van der Waals surface area contributed by atoms with Crippen LogP contribution in [0.1, 0.15) is 33.6 Å². The summed E-state index contributed by atoms with van der Waals surface area (Å²) in [5.41, 5.74) is 4.53. The van der Waals surface area contributed by atoms with Gasteiger partial charge in [0.1, 0.15) is 0 Å². The van der Waals surface area contributed by atoms with Crippen LogP contribution in [-0.4, -0.2) is 26.6 Å². The Morgan fingerprint density at radius 2 is 1.88 bits per heavy atom. The van der Waals surface area contributed by atoms with E-state index in [9.17, 15) is 13.2 Å². The Morgan fingerprint density at radius 1 is 1.21 bits per heavy atom. The van der Waals surface area contributed by atoms with Crippen LogP contribution >= 0.6 is 0 Å². The highest BCUT2D eigenvalue weighted by atomic mass is 32.2. The lowest BCUT2D eigenvalue weighted by Crippen LogP contribution is -2.35. The molecular formula is C17H23N3O3S. The van der Waals surface area contributed by atoms with Gasteiger partial charge >= 0.3 is 0 Å². The molecule has 1 aromatic rings. The van der Waals surface area contributed by atoms with Gasteiger partial charge in [-0.05, 0) is 43.4 Å². The van der Waals surface area contributed by atoms with E-state index in [-0.39, 0.29) is 16.9 Å². The minimum atomic E-state index is -3.70. The zero-order valence-electron chi connectivity index (χ0n) is 14.2. The molecule has 0 heterocycles. The van der Waals surface area contributed by atoms with E-state index in [1.54, 1.807) is 18.2 Å². The standard InChI is InChI=1S/C17H23N3O3S/c1-13-9-14(11-17(2,3)10-13)19-20-16(21)12-18-24(22,23)15-7-5-4-6-8-15/h4-9,18H,10-12H2,1-3H3,(H,20,21)/b19-14-. The monoisotopic (exact) mass is 349 g/mol. The van der Waals surface area contributed by atoms with Gasteiger partial charge in [-0.2, -0.15) is 5.10 Å². The average molecular weight is 349 g/mol. The van der Waals surface area contributed by atoms with Crippen molar-refractivity contribution < 1.29 is 13.2 Å². The second-order valence-corrected chi connectivity index (χ2v) is 8.55. The summed E-state index contributed by atoms with van der Waals surface area (Å²) >= 11 is 0. The summed E-state index contributed by atoms with van der Waals surface area (Å²) in [6.07, 6.45) is 3.72. The van der Waals surface area contributed by atoms with Crippen molar-refractivity contribution in [1.29, 1.82) is 0 Å². The molecule has 1 aromatic carbocycles.